The quantitative estimate of drug-likeness (QED) is 0.924. The van der Waals surface area contributed by atoms with Crippen molar-refractivity contribution in [2.75, 3.05) is 27.2 Å². The van der Waals surface area contributed by atoms with Crippen molar-refractivity contribution in [2.24, 2.45) is 5.92 Å². The maximum absolute atomic E-state index is 12.2. The summed E-state index contributed by atoms with van der Waals surface area (Å²) in [7, 11) is 3.80. The van der Waals surface area contributed by atoms with Crippen LogP contribution in [0.4, 0.5) is 0 Å². The third-order valence-corrected chi connectivity index (χ3v) is 4.51. The standard InChI is InChI=1S/C17H26N2O2/c1-12-6-5-7-15(13(12)2)21-16(17(20)18-3)14-8-10-19(4)11-9-14/h5-7,14,16H,8-11H2,1-4H3,(H,18,20). The van der Waals surface area contributed by atoms with Crippen LogP contribution < -0.4 is 10.1 Å². The van der Waals surface area contributed by atoms with Gasteiger partial charge in [-0.1, -0.05) is 12.1 Å². The van der Waals surface area contributed by atoms with Gasteiger partial charge in [-0.15, -0.1) is 0 Å². The number of nitrogens with zero attached hydrogens (tertiary/aromatic N) is 1. The van der Waals surface area contributed by atoms with E-state index < -0.39 is 6.10 Å². The van der Waals surface area contributed by atoms with E-state index in [1.165, 1.54) is 5.56 Å². The fraction of sp³-hybridized carbons (Fsp3) is 0.588. The van der Waals surface area contributed by atoms with Crippen LogP contribution in [-0.4, -0.2) is 44.1 Å². The van der Waals surface area contributed by atoms with E-state index in [1.807, 2.05) is 19.1 Å². The van der Waals surface area contributed by atoms with E-state index in [0.29, 0.717) is 0 Å². The summed E-state index contributed by atoms with van der Waals surface area (Å²) in [5.41, 5.74) is 2.30. The minimum atomic E-state index is -0.399. The Bertz CT molecular complexity index is 494. The number of carbonyl (C=O) groups is 1. The van der Waals surface area contributed by atoms with E-state index in [9.17, 15) is 4.79 Å². The molecule has 4 nitrogen and oxygen atoms in total. The second-order valence-corrected chi connectivity index (χ2v) is 5.99. The van der Waals surface area contributed by atoms with Crippen molar-refractivity contribution >= 4 is 5.91 Å². The Balaban J connectivity index is 2.17. The summed E-state index contributed by atoms with van der Waals surface area (Å²) in [6.45, 7) is 6.15. The van der Waals surface area contributed by atoms with Gasteiger partial charge in [-0.25, -0.2) is 0 Å². The topological polar surface area (TPSA) is 41.6 Å². The highest BCUT2D eigenvalue weighted by Gasteiger charge is 2.32. The van der Waals surface area contributed by atoms with E-state index in [0.717, 1.165) is 37.2 Å². The Morgan fingerprint density at radius 1 is 1.33 bits per heavy atom. The molecule has 116 valence electrons. The number of likely N-dealkylation sites (N-methyl/N-ethyl adjacent to an activating group) is 1. The summed E-state index contributed by atoms with van der Waals surface area (Å²) in [6.07, 6.45) is 1.60. The summed E-state index contributed by atoms with van der Waals surface area (Å²) in [4.78, 5) is 14.5. The second-order valence-electron chi connectivity index (χ2n) is 5.99. The van der Waals surface area contributed by atoms with Gasteiger partial charge in [0, 0.05) is 13.0 Å². The van der Waals surface area contributed by atoms with E-state index in [2.05, 4.69) is 30.3 Å². The lowest BCUT2D eigenvalue weighted by atomic mass is 9.90. The largest absolute Gasteiger partial charge is 0.480 e. The monoisotopic (exact) mass is 290 g/mol. The van der Waals surface area contributed by atoms with Crippen LogP contribution in [0.3, 0.4) is 0 Å². The molecular formula is C17H26N2O2. The van der Waals surface area contributed by atoms with Crippen molar-refractivity contribution < 1.29 is 9.53 Å². The van der Waals surface area contributed by atoms with Crippen molar-refractivity contribution in [3.63, 3.8) is 0 Å². The summed E-state index contributed by atoms with van der Waals surface area (Å²) in [5, 5.41) is 2.75. The fourth-order valence-corrected chi connectivity index (χ4v) is 2.83. The molecule has 21 heavy (non-hydrogen) atoms. The Labute approximate surface area is 127 Å². The molecule has 0 bridgehead atoms. The van der Waals surface area contributed by atoms with Gasteiger partial charge in [0.25, 0.3) is 5.91 Å². The molecule has 0 spiro atoms. The molecule has 1 unspecified atom stereocenters. The highest BCUT2D eigenvalue weighted by molar-refractivity contribution is 5.81. The molecule has 0 aliphatic carbocycles. The molecule has 1 aromatic rings. The first-order valence-electron chi connectivity index (χ1n) is 7.66. The predicted octanol–water partition coefficient (Wildman–Crippen LogP) is 2.14. The van der Waals surface area contributed by atoms with Crippen molar-refractivity contribution in [2.45, 2.75) is 32.8 Å². The molecule has 1 saturated heterocycles. The number of benzene rings is 1. The SMILES string of the molecule is CNC(=O)C(Oc1cccc(C)c1C)C1CCN(C)CC1. The second kappa shape index (κ2) is 6.94. The number of piperidine rings is 1. The van der Waals surface area contributed by atoms with Crippen LogP contribution in [0.25, 0.3) is 0 Å². The molecule has 1 aliphatic rings. The maximum atomic E-state index is 12.2. The van der Waals surface area contributed by atoms with Gasteiger partial charge < -0.3 is 15.0 Å². The van der Waals surface area contributed by atoms with Crippen molar-refractivity contribution in [1.82, 2.24) is 10.2 Å². The van der Waals surface area contributed by atoms with Crippen LogP contribution in [0.5, 0.6) is 5.75 Å². The third-order valence-electron chi connectivity index (χ3n) is 4.51. The first-order valence-corrected chi connectivity index (χ1v) is 7.66. The predicted molar refractivity (Wildman–Crippen MR) is 84.6 cm³/mol. The lowest BCUT2D eigenvalue weighted by molar-refractivity contribution is -0.130. The molecule has 4 heteroatoms. The number of hydrogen-bond donors (Lipinski definition) is 1. The molecule has 1 aliphatic heterocycles. The molecule has 1 heterocycles. The molecule has 0 aromatic heterocycles. The van der Waals surface area contributed by atoms with Crippen LogP contribution in [0.15, 0.2) is 18.2 Å². The number of aryl methyl sites for hydroxylation is 1. The van der Waals surface area contributed by atoms with Crippen molar-refractivity contribution in [3.05, 3.63) is 29.3 Å². The van der Waals surface area contributed by atoms with E-state index >= 15 is 0 Å². The Hall–Kier alpha value is -1.55. The van der Waals surface area contributed by atoms with E-state index in [1.54, 1.807) is 7.05 Å². The normalized spacial score (nSPS) is 18.3. The molecule has 0 radical (unpaired) electrons. The lowest BCUT2D eigenvalue weighted by Gasteiger charge is -2.33. The summed E-state index contributed by atoms with van der Waals surface area (Å²) in [6, 6.07) is 5.99. The number of rotatable bonds is 4. The lowest BCUT2D eigenvalue weighted by Crippen LogP contribution is -2.46. The average molecular weight is 290 g/mol. The van der Waals surface area contributed by atoms with Gasteiger partial charge in [-0.2, -0.15) is 0 Å². The minimum absolute atomic E-state index is 0.0227. The molecule has 1 atom stereocenters. The van der Waals surface area contributed by atoms with Gasteiger partial charge in [0.1, 0.15) is 5.75 Å². The van der Waals surface area contributed by atoms with Crippen LogP contribution in [0.2, 0.25) is 0 Å². The van der Waals surface area contributed by atoms with Gasteiger partial charge in [0.15, 0.2) is 6.10 Å². The zero-order valence-corrected chi connectivity index (χ0v) is 13.5. The number of carbonyl (C=O) groups excluding carboxylic acids is 1. The Kier molecular flexibility index (Phi) is 5.23. The first kappa shape index (κ1) is 15.8. The van der Waals surface area contributed by atoms with Crippen molar-refractivity contribution in [1.29, 1.82) is 0 Å². The van der Waals surface area contributed by atoms with Gasteiger partial charge >= 0.3 is 0 Å². The van der Waals surface area contributed by atoms with E-state index in [4.69, 9.17) is 4.74 Å². The molecule has 1 aromatic carbocycles. The molecule has 2 rings (SSSR count). The Morgan fingerprint density at radius 2 is 2.00 bits per heavy atom. The highest BCUT2D eigenvalue weighted by atomic mass is 16.5. The third kappa shape index (κ3) is 3.76. The van der Waals surface area contributed by atoms with Gasteiger partial charge in [-0.05, 0) is 64.0 Å². The van der Waals surface area contributed by atoms with Crippen LogP contribution >= 0.6 is 0 Å². The average Bonchev–Trinajstić information content (AvgIpc) is 2.49. The summed E-state index contributed by atoms with van der Waals surface area (Å²) < 4.78 is 6.12. The van der Waals surface area contributed by atoms with Crippen LogP contribution in [0.1, 0.15) is 24.0 Å². The van der Waals surface area contributed by atoms with E-state index in [-0.39, 0.29) is 11.8 Å². The van der Waals surface area contributed by atoms with Crippen LogP contribution in [0, 0.1) is 19.8 Å². The Morgan fingerprint density at radius 3 is 2.62 bits per heavy atom. The summed E-state index contributed by atoms with van der Waals surface area (Å²) in [5.74, 6) is 1.08. The molecule has 0 saturated carbocycles. The summed E-state index contributed by atoms with van der Waals surface area (Å²) >= 11 is 0. The zero-order valence-electron chi connectivity index (χ0n) is 13.5. The molecular weight excluding hydrogens is 264 g/mol. The highest BCUT2D eigenvalue weighted by Crippen LogP contribution is 2.27. The fourth-order valence-electron chi connectivity index (χ4n) is 2.83. The van der Waals surface area contributed by atoms with Crippen LogP contribution in [-0.2, 0) is 4.79 Å². The number of nitrogens with one attached hydrogen (secondary N) is 1. The smallest absolute Gasteiger partial charge is 0.261 e. The van der Waals surface area contributed by atoms with Gasteiger partial charge in [-0.3, -0.25) is 4.79 Å². The van der Waals surface area contributed by atoms with Gasteiger partial charge in [0.05, 0.1) is 0 Å². The molecule has 1 fully saturated rings. The maximum Gasteiger partial charge on any atom is 0.261 e. The molecule has 1 amide bonds. The number of likely N-dealkylation sites (tertiary alicyclic amines) is 1. The van der Waals surface area contributed by atoms with Crippen molar-refractivity contribution in [3.8, 4) is 5.75 Å². The molecule has 1 N–H and O–H groups in total. The zero-order chi connectivity index (χ0) is 15.4. The van der Waals surface area contributed by atoms with Gasteiger partial charge in [0.2, 0.25) is 0 Å². The first-order chi connectivity index (χ1) is 10.0. The number of hydrogen-bond acceptors (Lipinski definition) is 3. The number of ether oxygens (including phenoxy) is 1. The minimum Gasteiger partial charge on any atom is -0.480 e. The number of amides is 1.